The van der Waals surface area contributed by atoms with Crippen LogP contribution in [0.2, 0.25) is 0 Å². The molecule has 36 heavy (non-hydrogen) atoms. The summed E-state index contributed by atoms with van der Waals surface area (Å²) in [7, 11) is 0. The first-order valence-corrected chi connectivity index (χ1v) is 12.1. The molecular weight excluding hydrogens is 474 g/mol. The van der Waals surface area contributed by atoms with Gasteiger partial charge in [-0.2, -0.15) is 0 Å². The molecule has 1 heterocycles. The zero-order valence-electron chi connectivity index (χ0n) is 19.1. The van der Waals surface area contributed by atoms with E-state index in [2.05, 4.69) is 0 Å². The maximum atomic E-state index is 12.9. The highest BCUT2D eigenvalue weighted by Gasteiger charge is 2.34. The molecule has 1 fully saturated rings. The number of carbonyl (C=O) groups excluding carboxylic acids is 3. The normalized spacial score (nSPS) is 14.4. The lowest BCUT2D eigenvalue weighted by atomic mass is 10.1. The molecule has 0 aliphatic carbocycles. The predicted octanol–water partition coefficient (Wildman–Crippen LogP) is 6.17. The Labute approximate surface area is 212 Å². The summed E-state index contributed by atoms with van der Waals surface area (Å²) in [6, 6.07) is 29.1. The SMILES string of the molecule is O=C(Oc1cccc(/C=C2\SC(=O)N(CCOc3cccc4ccccc34)C2=O)c1)c1ccccc1. The van der Waals surface area contributed by atoms with Gasteiger partial charge in [-0.05, 0) is 59.1 Å². The first-order chi connectivity index (χ1) is 17.6. The Bertz CT molecular complexity index is 1480. The molecule has 0 N–H and O–H groups in total. The van der Waals surface area contributed by atoms with Crippen LogP contribution >= 0.6 is 11.8 Å². The van der Waals surface area contributed by atoms with Crippen molar-refractivity contribution in [1.82, 2.24) is 4.90 Å². The number of hydrogen-bond acceptors (Lipinski definition) is 6. The highest BCUT2D eigenvalue weighted by Crippen LogP contribution is 2.33. The van der Waals surface area contributed by atoms with E-state index in [1.165, 1.54) is 4.90 Å². The summed E-state index contributed by atoms with van der Waals surface area (Å²) in [6.45, 7) is 0.324. The van der Waals surface area contributed by atoms with Crippen LogP contribution in [-0.2, 0) is 4.79 Å². The lowest BCUT2D eigenvalue weighted by Crippen LogP contribution is -2.32. The van der Waals surface area contributed by atoms with E-state index in [0.29, 0.717) is 27.5 Å². The number of nitrogens with zero attached hydrogens (tertiary/aromatic N) is 1. The molecule has 0 radical (unpaired) electrons. The van der Waals surface area contributed by atoms with Crippen molar-refractivity contribution in [3.05, 3.63) is 113 Å². The number of thioether (sulfide) groups is 1. The summed E-state index contributed by atoms with van der Waals surface area (Å²) < 4.78 is 11.3. The number of benzene rings is 4. The van der Waals surface area contributed by atoms with Crippen molar-refractivity contribution in [2.75, 3.05) is 13.2 Å². The molecule has 0 aromatic heterocycles. The predicted molar refractivity (Wildman–Crippen MR) is 140 cm³/mol. The van der Waals surface area contributed by atoms with Gasteiger partial charge < -0.3 is 9.47 Å². The molecule has 1 saturated heterocycles. The molecule has 4 aromatic carbocycles. The topological polar surface area (TPSA) is 72.9 Å². The van der Waals surface area contributed by atoms with E-state index < -0.39 is 5.97 Å². The molecule has 178 valence electrons. The molecule has 1 aliphatic rings. The fourth-order valence-corrected chi connectivity index (χ4v) is 4.69. The molecule has 5 rings (SSSR count). The first-order valence-electron chi connectivity index (χ1n) is 11.3. The second-order valence-electron chi connectivity index (χ2n) is 7.99. The van der Waals surface area contributed by atoms with E-state index in [0.717, 1.165) is 22.5 Å². The summed E-state index contributed by atoms with van der Waals surface area (Å²) in [5, 5.41) is 1.68. The number of ether oxygens (including phenoxy) is 2. The van der Waals surface area contributed by atoms with Crippen molar-refractivity contribution >= 4 is 45.7 Å². The van der Waals surface area contributed by atoms with E-state index in [1.54, 1.807) is 54.6 Å². The smallest absolute Gasteiger partial charge is 0.343 e. The van der Waals surface area contributed by atoms with Gasteiger partial charge in [0.25, 0.3) is 11.1 Å². The Hall–Kier alpha value is -4.36. The van der Waals surface area contributed by atoms with E-state index in [-0.39, 0.29) is 24.3 Å². The minimum atomic E-state index is -0.473. The number of fused-ring (bicyclic) bond motifs is 1. The van der Waals surface area contributed by atoms with Gasteiger partial charge in [0.15, 0.2) is 0 Å². The zero-order valence-corrected chi connectivity index (χ0v) is 19.9. The van der Waals surface area contributed by atoms with Crippen LogP contribution in [-0.4, -0.2) is 35.2 Å². The van der Waals surface area contributed by atoms with Crippen molar-refractivity contribution in [2.24, 2.45) is 0 Å². The first kappa shape index (κ1) is 23.4. The largest absolute Gasteiger partial charge is 0.491 e. The summed E-state index contributed by atoms with van der Waals surface area (Å²) in [5.74, 6) is 0.204. The van der Waals surface area contributed by atoms with E-state index in [1.807, 2.05) is 48.5 Å². The standard InChI is InChI=1S/C29H21NO5S/c31-27-26(19-20-8-6-13-23(18-20)35-28(32)22-10-2-1-3-11-22)36-29(33)30(27)16-17-34-25-15-7-12-21-9-4-5-14-24(21)25/h1-15,18-19H,16-17H2/b26-19-. The number of amides is 2. The molecule has 2 amide bonds. The van der Waals surface area contributed by atoms with Crippen LogP contribution in [0.4, 0.5) is 4.79 Å². The van der Waals surface area contributed by atoms with Gasteiger partial charge in [-0.25, -0.2) is 4.79 Å². The third kappa shape index (κ3) is 5.16. The lowest BCUT2D eigenvalue weighted by molar-refractivity contribution is -0.123. The second kappa shape index (κ2) is 10.5. The van der Waals surface area contributed by atoms with Gasteiger partial charge in [0, 0.05) is 5.39 Å². The minimum Gasteiger partial charge on any atom is -0.491 e. The van der Waals surface area contributed by atoms with Crippen molar-refractivity contribution in [2.45, 2.75) is 0 Å². The number of hydrogen-bond donors (Lipinski definition) is 0. The van der Waals surface area contributed by atoms with E-state index >= 15 is 0 Å². The fourth-order valence-electron chi connectivity index (χ4n) is 3.82. The third-order valence-electron chi connectivity index (χ3n) is 5.57. The van der Waals surface area contributed by atoms with Crippen LogP contribution in [0.15, 0.2) is 102 Å². The Morgan fingerprint density at radius 3 is 2.47 bits per heavy atom. The van der Waals surface area contributed by atoms with Gasteiger partial charge in [0.1, 0.15) is 18.1 Å². The van der Waals surface area contributed by atoms with Gasteiger partial charge in [0.05, 0.1) is 17.0 Å². The van der Waals surface area contributed by atoms with Crippen molar-refractivity contribution in [3.63, 3.8) is 0 Å². The molecule has 0 saturated carbocycles. The fraction of sp³-hybridized carbons (Fsp3) is 0.0690. The van der Waals surface area contributed by atoms with Crippen LogP contribution in [0.3, 0.4) is 0 Å². The number of esters is 1. The van der Waals surface area contributed by atoms with E-state index in [9.17, 15) is 14.4 Å². The molecule has 1 aliphatic heterocycles. The van der Waals surface area contributed by atoms with Gasteiger partial charge >= 0.3 is 5.97 Å². The average Bonchev–Trinajstić information content (AvgIpc) is 3.17. The molecule has 4 aromatic rings. The molecule has 0 spiro atoms. The van der Waals surface area contributed by atoms with Gasteiger partial charge in [-0.1, -0.05) is 66.7 Å². The summed E-state index contributed by atoms with van der Waals surface area (Å²) >= 11 is 0.877. The van der Waals surface area contributed by atoms with Gasteiger partial charge in [-0.3, -0.25) is 14.5 Å². The van der Waals surface area contributed by atoms with Crippen molar-refractivity contribution < 1.29 is 23.9 Å². The Morgan fingerprint density at radius 1 is 0.861 bits per heavy atom. The quantitative estimate of drug-likeness (QED) is 0.173. The summed E-state index contributed by atoms with van der Waals surface area (Å²) in [5.41, 5.74) is 1.08. The molecular formula is C29H21NO5S. The molecule has 0 bridgehead atoms. The van der Waals surface area contributed by atoms with E-state index in [4.69, 9.17) is 9.47 Å². The highest BCUT2D eigenvalue weighted by atomic mass is 32.2. The summed E-state index contributed by atoms with van der Waals surface area (Å²) in [4.78, 5) is 39.2. The molecule has 0 atom stereocenters. The monoisotopic (exact) mass is 495 g/mol. The van der Waals surface area contributed by atoms with Crippen LogP contribution < -0.4 is 9.47 Å². The Balaban J connectivity index is 1.23. The van der Waals surface area contributed by atoms with Crippen molar-refractivity contribution in [1.29, 1.82) is 0 Å². The lowest BCUT2D eigenvalue weighted by Gasteiger charge is -2.14. The van der Waals surface area contributed by atoms with Crippen LogP contribution in [0.5, 0.6) is 11.5 Å². The zero-order chi connectivity index (χ0) is 24.9. The van der Waals surface area contributed by atoms with Crippen LogP contribution in [0.1, 0.15) is 15.9 Å². The number of imide groups is 1. The minimum absolute atomic E-state index is 0.139. The second-order valence-corrected chi connectivity index (χ2v) is 8.98. The maximum Gasteiger partial charge on any atom is 0.343 e. The van der Waals surface area contributed by atoms with Crippen LogP contribution in [0.25, 0.3) is 16.8 Å². The number of rotatable bonds is 7. The Morgan fingerprint density at radius 2 is 1.61 bits per heavy atom. The molecule has 6 nitrogen and oxygen atoms in total. The van der Waals surface area contributed by atoms with Crippen LogP contribution in [0, 0.1) is 0 Å². The molecule has 0 unspecified atom stereocenters. The number of carbonyl (C=O) groups is 3. The third-order valence-corrected chi connectivity index (χ3v) is 6.48. The summed E-state index contributed by atoms with van der Waals surface area (Å²) in [6.07, 6.45) is 1.62. The average molecular weight is 496 g/mol. The molecule has 7 heteroatoms. The highest BCUT2D eigenvalue weighted by molar-refractivity contribution is 8.18. The maximum absolute atomic E-state index is 12.9. The Kier molecular flexibility index (Phi) is 6.82. The van der Waals surface area contributed by atoms with Crippen molar-refractivity contribution in [3.8, 4) is 11.5 Å². The van der Waals surface area contributed by atoms with Gasteiger partial charge in [-0.15, -0.1) is 0 Å². The van der Waals surface area contributed by atoms with Gasteiger partial charge in [0.2, 0.25) is 0 Å².